The van der Waals surface area contributed by atoms with Crippen molar-refractivity contribution in [2.24, 2.45) is 0 Å². The van der Waals surface area contributed by atoms with Crippen LogP contribution in [0.15, 0.2) is 23.3 Å². The van der Waals surface area contributed by atoms with Gasteiger partial charge in [-0.1, -0.05) is 0 Å². The SMILES string of the molecule is O=C(NCC(F)(F)CO)c1c[nH]ccc1=O. The number of nitrogens with one attached hydrogen (secondary N) is 2. The monoisotopic (exact) mass is 232 g/mol. The molecule has 88 valence electrons. The Balaban J connectivity index is 2.68. The van der Waals surface area contributed by atoms with Crippen molar-refractivity contribution in [3.8, 4) is 0 Å². The molecule has 0 spiro atoms. The van der Waals surface area contributed by atoms with E-state index in [4.69, 9.17) is 5.11 Å². The van der Waals surface area contributed by atoms with Gasteiger partial charge >= 0.3 is 0 Å². The molecular weight excluding hydrogens is 222 g/mol. The number of carbonyl (C=O) groups is 1. The second-order valence-electron chi connectivity index (χ2n) is 3.12. The van der Waals surface area contributed by atoms with Crippen LogP contribution in [0, 0.1) is 0 Å². The van der Waals surface area contributed by atoms with Crippen LogP contribution in [-0.4, -0.2) is 35.1 Å². The third-order valence-electron chi connectivity index (χ3n) is 1.81. The van der Waals surface area contributed by atoms with E-state index < -0.39 is 30.4 Å². The first-order valence-corrected chi connectivity index (χ1v) is 4.40. The third kappa shape index (κ3) is 3.13. The number of hydrogen-bond donors (Lipinski definition) is 3. The van der Waals surface area contributed by atoms with E-state index in [9.17, 15) is 18.4 Å². The number of alkyl halides is 2. The van der Waals surface area contributed by atoms with Gasteiger partial charge in [-0.15, -0.1) is 0 Å². The number of aromatic amines is 1. The van der Waals surface area contributed by atoms with E-state index in [1.807, 2.05) is 5.32 Å². The summed E-state index contributed by atoms with van der Waals surface area (Å²) in [5.74, 6) is -4.30. The van der Waals surface area contributed by atoms with Crippen LogP contribution in [0.2, 0.25) is 0 Å². The molecule has 0 aromatic carbocycles. The quantitative estimate of drug-likeness (QED) is 0.668. The zero-order valence-corrected chi connectivity index (χ0v) is 8.17. The molecule has 1 aromatic heterocycles. The predicted octanol–water partition coefficient (Wildman–Crippen LogP) is -0.268. The molecule has 1 rings (SSSR count). The first kappa shape index (κ1) is 12.3. The van der Waals surface area contributed by atoms with Crippen LogP contribution in [0.4, 0.5) is 8.78 Å². The molecule has 0 saturated carbocycles. The summed E-state index contributed by atoms with van der Waals surface area (Å²) in [5, 5.41) is 10.1. The van der Waals surface area contributed by atoms with Gasteiger partial charge in [0.25, 0.3) is 11.8 Å². The van der Waals surface area contributed by atoms with E-state index in [1.54, 1.807) is 0 Å². The highest BCUT2D eigenvalue weighted by atomic mass is 19.3. The Morgan fingerprint density at radius 1 is 1.56 bits per heavy atom. The molecule has 1 heterocycles. The zero-order valence-electron chi connectivity index (χ0n) is 8.17. The normalized spacial score (nSPS) is 11.2. The lowest BCUT2D eigenvalue weighted by atomic mass is 10.2. The molecule has 0 unspecified atom stereocenters. The topological polar surface area (TPSA) is 82.2 Å². The minimum atomic E-state index is -3.39. The fraction of sp³-hybridized carbons (Fsp3) is 0.333. The Labute approximate surface area is 89.1 Å². The largest absolute Gasteiger partial charge is 0.390 e. The van der Waals surface area contributed by atoms with Crippen LogP contribution in [0.5, 0.6) is 0 Å². The molecule has 0 aliphatic carbocycles. The van der Waals surface area contributed by atoms with Gasteiger partial charge in [0.05, 0.1) is 6.54 Å². The Kier molecular flexibility index (Phi) is 3.73. The summed E-state index contributed by atoms with van der Waals surface area (Å²) in [6, 6.07) is 1.11. The number of pyridine rings is 1. The van der Waals surface area contributed by atoms with Crippen molar-refractivity contribution < 1.29 is 18.7 Å². The number of hydrogen-bond acceptors (Lipinski definition) is 3. The maximum atomic E-state index is 12.6. The first-order chi connectivity index (χ1) is 7.46. The molecule has 0 fully saturated rings. The lowest BCUT2D eigenvalue weighted by molar-refractivity contribution is -0.0462. The smallest absolute Gasteiger partial charge is 0.287 e. The van der Waals surface area contributed by atoms with Gasteiger partial charge in [-0.2, -0.15) is 0 Å². The molecule has 1 aromatic rings. The molecule has 16 heavy (non-hydrogen) atoms. The van der Waals surface area contributed by atoms with Crippen LogP contribution in [-0.2, 0) is 0 Å². The molecule has 0 aliphatic heterocycles. The van der Waals surface area contributed by atoms with Gasteiger partial charge in [-0.05, 0) is 0 Å². The van der Waals surface area contributed by atoms with Crippen molar-refractivity contribution in [2.45, 2.75) is 5.92 Å². The zero-order chi connectivity index (χ0) is 12.2. The van der Waals surface area contributed by atoms with E-state index in [2.05, 4.69) is 4.98 Å². The molecule has 7 heteroatoms. The Hall–Kier alpha value is -1.76. The summed E-state index contributed by atoms with van der Waals surface area (Å²) in [4.78, 5) is 24.9. The lowest BCUT2D eigenvalue weighted by Gasteiger charge is -2.13. The molecule has 0 saturated heterocycles. The maximum absolute atomic E-state index is 12.6. The highest BCUT2D eigenvalue weighted by Gasteiger charge is 2.28. The van der Waals surface area contributed by atoms with E-state index in [1.165, 1.54) is 6.20 Å². The number of H-pyrrole nitrogens is 1. The number of amides is 1. The molecule has 3 N–H and O–H groups in total. The first-order valence-electron chi connectivity index (χ1n) is 4.40. The summed E-state index contributed by atoms with van der Waals surface area (Å²) in [6.07, 6.45) is 2.44. The lowest BCUT2D eigenvalue weighted by Crippen LogP contribution is -2.40. The minimum Gasteiger partial charge on any atom is -0.390 e. The van der Waals surface area contributed by atoms with Crippen LogP contribution >= 0.6 is 0 Å². The van der Waals surface area contributed by atoms with Gasteiger partial charge < -0.3 is 15.4 Å². The van der Waals surface area contributed by atoms with Gasteiger partial charge in [0.2, 0.25) is 0 Å². The molecule has 1 amide bonds. The van der Waals surface area contributed by atoms with Crippen molar-refractivity contribution >= 4 is 5.91 Å². The summed E-state index contributed by atoms with van der Waals surface area (Å²) < 4.78 is 25.2. The second-order valence-corrected chi connectivity index (χ2v) is 3.12. The van der Waals surface area contributed by atoms with Gasteiger partial charge in [-0.25, -0.2) is 8.78 Å². The van der Waals surface area contributed by atoms with Crippen molar-refractivity contribution in [1.82, 2.24) is 10.3 Å². The van der Waals surface area contributed by atoms with E-state index >= 15 is 0 Å². The average molecular weight is 232 g/mol. The van der Waals surface area contributed by atoms with Gasteiger partial charge in [0.1, 0.15) is 12.2 Å². The van der Waals surface area contributed by atoms with E-state index in [0.29, 0.717) is 0 Å². The molecular formula is C9H10F2N2O3. The number of halogens is 2. The third-order valence-corrected chi connectivity index (χ3v) is 1.81. The van der Waals surface area contributed by atoms with E-state index in [-0.39, 0.29) is 5.56 Å². The standard InChI is InChI=1S/C9H10F2N2O3/c10-9(11,5-14)4-13-8(16)6-3-12-2-1-7(6)15/h1-3,14H,4-5H2,(H,12,15)(H,13,16). The Bertz CT molecular complexity index is 431. The summed E-state index contributed by atoms with van der Waals surface area (Å²) in [7, 11) is 0. The Morgan fingerprint density at radius 2 is 2.25 bits per heavy atom. The number of rotatable bonds is 4. The van der Waals surface area contributed by atoms with Crippen molar-refractivity contribution in [1.29, 1.82) is 0 Å². The van der Waals surface area contributed by atoms with Crippen molar-refractivity contribution in [3.05, 3.63) is 34.2 Å². The number of aromatic nitrogens is 1. The molecule has 0 aliphatic rings. The van der Waals surface area contributed by atoms with Crippen LogP contribution in [0.1, 0.15) is 10.4 Å². The minimum absolute atomic E-state index is 0.253. The fourth-order valence-electron chi connectivity index (χ4n) is 0.954. The molecule has 0 atom stereocenters. The van der Waals surface area contributed by atoms with Gasteiger partial charge in [0, 0.05) is 18.5 Å². The number of aliphatic hydroxyl groups is 1. The predicted molar refractivity (Wildman–Crippen MR) is 51.4 cm³/mol. The second kappa shape index (κ2) is 4.84. The van der Waals surface area contributed by atoms with Crippen molar-refractivity contribution in [2.75, 3.05) is 13.2 Å². The summed E-state index contributed by atoms with van der Waals surface area (Å²) in [6.45, 7) is -2.38. The number of carbonyl (C=O) groups excluding carboxylic acids is 1. The fourth-order valence-corrected chi connectivity index (χ4v) is 0.954. The summed E-state index contributed by atoms with van der Waals surface area (Å²) >= 11 is 0. The molecule has 5 nitrogen and oxygen atoms in total. The van der Waals surface area contributed by atoms with Gasteiger partial charge in [-0.3, -0.25) is 9.59 Å². The van der Waals surface area contributed by atoms with E-state index in [0.717, 1.165) is 12.3 Å². The molecule has 0 bridgehead atoms. The maximum Gasteiger partial charge on any atom is 0.287 e. The van der Waals surface area contributed by atoms with Crippen LogP contribution in [0.3, 0.4) is 0 Å². The van der Waals surface area contributed by atoms with Crippen LogP contribution < -0.4 is 10.7 Å². The number of aliphatic hydroxyl groups excluding tert-OH is 1. The van der Waals surface area contributed by atoms with Gasteiger partial charge in [0.15, 0.2) is 5.43 Å². The highest BCUT2D eigenvalue weighted by molar-refractivity contribution is 5.93. The highest BCUT2D eigenvalue weighted by Crippen LogP contribution is 2.09. The van der Waals surface area contributed by atoms with Crippen LogP contribution in [0.25, 0.3) is 0 Å². The molecule has 0 radical (unpaired) electrons. The summed E-state index contributed by atoms with van der Waals surface area (Å²) in [5.41, 5.74) is -0.820. The Morgan fingerprint density at radius 3 is 2.81 bits per heavy atom. The van der Waals surface area contributed by atoms with Crippen molar-refractivity contribution in [3.63, 3.8) is 0 Å². The average Bonchev–Trinajstić information content (AvgIpc) is 2.27.